The zero-order chi connectivity index (χ0) is 9.14. The molecule has 0 fully saturated rings. The molecule has 12 heavy (non-hydrogen) atoms. The van der Waals surface area contributed by atoms with Crippen LogP contribution in [0.3, 0.4) is 0 Å². The SMILES string of the molecule is Cc1cc(C)n(CCC(Cl)Br)n1. The second-order valence-corrected chi connectivity index (χ2v) is 4.99. The van der Waals surface area contributed by atoms with E-state index < -0.39 is 0 Å². The Hall–Kier alpha value is -0.0200. The molecule has 0 aliphatic heterocycles. The zero-order valence-corrected chi connectivity index (χ0v) is 9.56. The summed E-state index contributed by atoms with van der Waals surface area (Å²) in [5.74, 6) is 0. The highest BCUT2D eigenvalue weighted by atomic mass is 79.9. The van der Waals surface area contributed by atoms with Crippen LogP contribution in [0.4, 0.5) is 0 Å². The molecule has 1 atom stereocenters. The van der Waals surface area contributed by atoms with Crippen molar-refractivity contribution in [1.82, 2.24) is 9.78 Å². The molecule has 0 radical (unpaired) electrons. The lowest BCUT2D eigenvalue weighted by molar-refractivity contribution is 0.580. The van der Waals surface area contributed by atoms with Crippen LogP contribution in [0, 0.1) is 13.8 Å². The van der Waals surface area contributed by atoms with E-state index >= 15 is 0 Å². The average molecular weight is 252 g/mol. The highest BCUT2D eigenvalue weighted by Gasteiger charge is 2.02. The summed E-state index contributed by atoms with van der Waals surface area (Å²) in [7, 11) is 0. The molecule has 1 heterocycles. The Kier molecular flexibility index (Phi) is 3.59. The minimum atomic E-state index is 0.0430. The normalized spacial score (nSPS) is 13.3. The first kappa shape index (κ1) is 10.1. The van der Waals surface area contributed by atoms with Crippen molar-refractivity contribution in [3.8, 4) is 0 Å². The van der Waals surface area contributed by atoms with Crippen molar-refractivity contribution in [3.63, 3.8) is 0 Å². The highest BCUT2D eigenvalue weighted by Crippen LogP contribution is 2.12. The molecule has 0 aromatic carbocycles. The van der Waals surface area contributed by atoms with Gasteiger partial charge in [0.2, 0.25) is 0 Å². The van der Waals surface area contributed by atoms with Gasteiger partial charge in [-0.15, -0.1) is 11.6 Å². The van der Waals surface area contributed by atoms with Crippen LogP contribution in [0.5, 0.6) is 0 Å². The van der Waals surface area contributed by atoms with E-state index in [1.807, 2.05) is 11.6 Å². The van der Waals surface area contributed by atoms with Gasteiger partial charge in [0.15, 0.2) is 0 Å². The van der Waals surface area contributed by atoms with E-state index in [-0.39, 0.29) is 4.29 Å². The van der Waals surface area contributed by atoms with Crippen LogP contribution >= 0.6 is 27.5 Å². The van der Waals surface area contributed by atoms with Gasteiger partial charge >= 0.3 is 0 Å². The average Bonchev–Trinajstić information content (AvgIpc) is 2.26. The predicted molar refractivity (Wildman–Crippen MR) is 54.9 cm³/mol. The Morgan fingerprint density at radius 1 is 1.67 bits per heavy atom. The molecule has 0 aliphatic carbocycles. The van der Waals surface area contributed by atoms with Crippen molar-refractivity contribution in [2.45, 2.75) is 31.1 Å². The first-order valence-corrected chi connectivity index (χ1v) is 5.24. The Bertz CT molecular complexity index is 258. The van der Waals surface area contributed by atoms with Crippen molar-refractivity contribution < 1.29 is 0 Å². The number of nitrogens with zero attached hydrogens (tertiary/aromatic N) is 2. The van der Waals surface area contributed by atoms with Gasteiger partial charge in [0, 0.05) is 12.2 Å². The molecule has 1 aromatic heterocycles. The van der Waals surface area contributed by atoms with E-state index in [4.69, 9.17) is 11.6 Å². The Labute approximate surface area is 86.0 Å². The Balaban J connectivity index is 2.57. The monoisotopic (exact) mass is 250 g/mol. The van der Waals surface area contributed by atoms with Crippen LogP contribution in [0.2, 0.25) is 0 Å². The van der Waals surface area contributed by atoms with Crippen molar-refractivity contribution in [1.29, 1.82) is 0 Å². The fourth-order valence-electron chi connectivity index (χ4n) is 1.12. The van der Waals surface area contributed by atoms with Crippen LogP contribution in [-0.4, -0.2) is 14.1 Å². The molecular formula is C8H12BrClN2. The maximum atomic E-state index is 5.76. The quantitative estimate of drug-likeness (QED) is 0.756. The summed E-state index contributed by atoms with van der Waals surface area (Å²) in [5.41, 5.74) is 2.26. The third kappa shape index (κ3) is 2.79. The number of hydrogen-bond donors (Lipinski definition) is 0. The fraction of sp³-hybridized carbons (Fsp3) is 0.625. The Morgan fingerprint density at radius 3 is 2.75 bits per heavy atom. The van der Waals surface area contributed by atoms with E-state index in [1.165, 1.54) is 5.69 Å². The van der Waals surface area contributed by atoms with Crippen LogP contribution in [-0.2, 0) is 6.54 Å². The lowest BCUT2D eigenvalue weighted by Gasteiger charge is -2.03. The van der Waals surface area contributed by atoms with Gasteiger partial charge in [-0.1, -0.05) is 15.9 Å². The Morgan fingerprint density at radius 2 is 2.33 bits per heavy atom. The van der Waals surface area contributed by atoms with Crippen LogP contribution in [0.25, 0.3) is 0 Å². The van der Waals surface area contributed by atoms with Crippen molar-refractivity contribution in [3.05, 3.63) is 17.5 Å². The second-order valence-electron chi connectivity index (χ2n) is 2.83. The molecule has 0 saturated carbocycles. The summed E-state index contributed by atoms with van der Waals surface area (Å²) >= 11 is 9.05. The van der Waals surface area contributed by atoms with Gasteiger partial charge in [-0.05, 0) is 26.3 Å². The fourth-order valence-corrected chi connectivity index (χ4v) is 1.42. The smallest absolute Gasteiger partial charge is 0.0903 e. The molecule has 1 aromatic rings. The van der Waals surface area contributed by atoms with E-state index in [0.29, 0.717) is 0 Å². The predicted octanol–water partition coefficient (Wildman–Crippen LogP) is 2.85. The summed E-state index contributed by atoms with van der Waals surface area (Å²) in [4.78, 5) is 0. The molecule has 1 rings (SSSR count). The molecule has 0 bridgehead atoms. The number of halogens is 2. The van der Waals surface area contributed by atoms with Gasteiger partial charge in [-0.2, -0.15) is 5.10 Å². The molecule has 0 amide bonds. The largest absolute Gasteiger partial charge is 0.270 e. The number of aromatic nitrogens is 2. The van der Waals surface area contributed by atoms with Crippen LogP contribution < -0.4 is 0 Å². The molecular weight excluding hydrogens is 239 g/mol. The van der Waals surface area contributed by atoms with Crippen molar-refractivity contribution in [2.24, 2.45) is 0 Å². The molecule has 68 valence electrons. The number of aryl methyl sites for hydroxylation is 3. The van der Waals surface area contributed by atoms with E-state index in [0.717, 1.165) is 18.7 Å². The molecule has 0 aliphatic rings. The second kappa shape index (κ2) is 4.28. The number of rotatable bonds is 3. The molecule has 2 nitrogen and oxygen atoms in total. The number of hydrogen-bond acceptors (Lipinski definition) is 1. The molecule has 1 unspecified atom stereocenters. The maximum Gasteiger partial charge on any atom is 0.0903 e. The minimum Gasteiger partial charge on any atom is -0.270 e. The van der Waals surface area contributed by atoms with Gasteiger partial charge in [0.1, 0.15) is 0 Å². The van der Waals surface area contributed by atoms with Crippen molar-refractivity contribution >= 4 is 27.5 Å². The van der Waals surface area contributed by atoms with Gasteiger partial charge < -0.3 is 0 Å². The molecule has 0 spiro atoms. The lowest BCUT2D eigenvalue weighted by Crippen LogP contribution is -2.04. The van der Waals surface area contributed by atoms with E-state index in [2.05, 4.69) is 34.0 Å². The van der Waals surface area contributed by atoms with E-state index in [1.54, 1.807) is 0 Å². The first-order valence-electron chi connectivity index (χ1n) is 3.89. The highest BCUT2D eigenvalue weighted by molar-refractivity contribution is 9.10. The van der Waals surface area contributed by atoms with Crippen LogP contribution in [0.1, 0.15) is 17.8 Å². The van der Waals surface area contributed by atoms with E-state index in [9.17, 15) is 0 Å². The van der Waals surface area contributed by atoms with Gasteiger partial charge in [-0.25, -0.2) is 0 Å². The van der Waals surface area contributed by atoms with Gasteiger partial charge in [0.05, 0.1) is 9.98 Å². The number of alkyl halides is 2. The standard InChI is InChI=1S/C8H12BrClN2/c1-6-5-7(2)12(11-6)4-3-8(9)10/h5,8H,3-4H2,1-2H3. The van der Waals surface area contributed by atoms with Crippen molar-refractivity contribution in [2.75, 3.05) is 0 Å². The minimum absolute atomic E-state index is 0.0430. The lowest BCUT2D eigenvalue weighted by atomic mass is 10.4. The summed E-state index contributed by atoms with van der Waals surface area (Å²) in [6, 6.07) is 2.07. The summed E-state index contributed by atoms with van der Waals surface area (Å²) in [6.07, 6.45) is 0.892. The van der Waals surface area contributed by atoms with Gasteiger partial charge in [0.25, 0.3) is 0 Å². The molecule has 0 N–H and O–H groups in total. The molecule has 0 saturated heterocycles. The molecule has 4 heteroatoms. The summed E-state index contributed by atoms with van der Waals surface area (Å²) in [5, 5.41) is 4.32. The zero-order valence-electron chi connectivity index (χ0n) is 7.22. The first-order chi connectivity index (χ1) is 5.59. The topological polar surface area (TPSA) is 17.8 Å². The van der Waals surface area contributed by atoms with Crippen LogP contribution in [0.15, 0.2) is 6.07 Å². The van der Waals surface area contributed by atoms with Gasteiger partial charge in [-0.3, -0.25) is 4.68 Å². The summed E-state index contributed by atoms with van der Waals surface area (Å²) in [6.45, 7) is 4.92. The summed E-state index contributed by atoms with van der Waals surface area (Å²) < 4.78 is 2.02. The third-order valence-electron chi connectivity index (χ3n) is 1.66. The third-order valence-corrected chi connectivity index (χ3v) is 2.34. The maximum absolute atomic E-state index is 5.76.